The van der Waals surface area contributed by atoms with Gasteiger partial charge in [-0.25, -0.2) is 4.98 Å². The van der Waals surface area contributed by atoms with Crippen molar-refractivity contribution in [2.75, 3.05) is 12.3 Å². The molecule has 1 fully saturated rings. The topological polar surface area (TPSA) is 42.0 Å². The molecule has 3 rings (SSSR count). The first-order chi connectivity index (χ1) is 10.7. The lowest BCUT2D eigenvalue weighted by Gasteiger charge is -2.16. The van der Waals surface area contributed by atoms with Crippen LogP contribution in [-0.4, -0.2) is 23.2 Å². The maximum absolute atomic E-state index is 12.0. The van der Waals surface area contributed by atoms with Crippen LogP contribution in [-0.2, 0) is 10.2 Å². The predicted molar refractivity (Wildman–Crippen MR) is 90.3 cm³/mol. The molecular formula is C17H17ClN2OS. The zero-order valence-corrected chi connectivity index (χ0v) is 13.7. The van der Waals surface area contributed by atoms with Crippen LogP contribution in [0.5, 0.6) is 0 Å². The average molecular weight is 333 g/mol. The fourth-order valence-electron chi connectivity index (χ4n) is 2.44. The van der Waals surface area contributed by atoms with Gasteiger partial charge in [-0.05, 0) is 30.5 Å². The molecule has 0 bridgehead atoms. The van der Waals surface area contributed by atoms with Gasteiger partial charge in [0.15, 0.2) is 0 Å². The van der Waals surface area contributed by atoms with E-state index >= 15 is 0 Å². The van der Waals surface area contributed by atoms with Gasteiger partial charge >= 0.3 is 0 Å². The van der Waals surface area contributed by atoms with Crippen molar-refractivity contribution >= 4 is 29.3 Å². The summed E-state index contributed by atoms with van der Waals surface area (Å²) in [5, 5.41) is 4.33. The van der Waals surface area contributed by atoms with E-state index in [1.165, 1.54) is 17.3 Å². The van der Waals surface area contributed by atoms with Crippen molar-refractivity contribution in [2.24, 2.45) is 0 Å². The monoisotopic (exact) mass is 332 g/mol. The molecule has 3 nitrogen and oxygen atoms in total. The van der Waals surface area contributed by atoms with Crippen LogP contribution in [0.25, 0.3) is 0 Å². The third-order valence-electron chi connectivity index (χ3n) is 3.93. The number of rotatable bonds is 6. The van der Waals surface area contributed by atoms with Crippen molar-refractivity contribution in [3.05, 3.63) is 59.2 Å². The Morgan fingerprint density at radius 1 is 1.23 bits per heavy atom. The van der Waals surface area contributed by atoms with E-state index in [1.54, 1.807) is 18.3 Å². The number of halogens is 1. The number of benzene rings is 1. The van der Waals surface area contributed by atoms with E-state index in [1.807, 2.05) is 6.07 Å². The van der Waals surface area contributed by atoms with Gasteiger partial charge in [-0.1, -0.05) is 53.7 Å². The summed E-state index contributed by atoms with van der Waals surface area (Å²) in [7, 11) is 0. The summed E-state index contributed by atoms with van der Waals surface area (Å²) < 4.78 is 0. The number of nitrogens with zero attached hydrogens (tertiary/aromatic N) is 1. The van der Waals surface area contributed by atoms with E-state index in [-0.39, 0.29) is 11.3 Å². The molecule has 0 unspecified atom stereocenters. The zero-order valence-electron chi connectivity index (χ0n) is 12.1. The Bertz CT molecular complexity index is 659. The number of carbonyl (C=O) groups excluding carboxylic acids is 1. The molecule has 0 spiro atoms. The molecular weight excluding hydrogens is 316 g/mol. The Balaban J connectivity index is 1.50. The van der Waals surface area contributed by atoms with Crippen molar-refractivity contribution in [1.82, 2.24) is 10.3 Å². The Morgan fingerprint density at radius 3 is 2.68 bits per heavy atom. The molecule has 5 heteroatoms. The normalized spacial score (nSPS) is 15.3. The Morgan fingerprint density at radius 2 is 2.00 bits per heavy atom. The van der Waals surface area contributed by atoms with Gasteiger partial charge < -0.3 is 5.32 Å². The summed E-state index contributed by atoms with van der Waals surface area (Å²) in [6.45, 7) is 0.701. The van der Waals surface area contributed by atoms with Crippen molar-refractivity contribution in [2.45, 2.75) is 23.3 Å². The zero-order chi connectivity index (χ0) is 15.4. The van der Waals surface area contributed by atoms with Crippen molar-refractivity contribution in [3.8, 4) is 0 Å². The van der Waals surface area contributed by atoms with Crippen LogP contribution in [0.3, 0.4) is 0 Å². The van der Waals surface area contributed by atoms with E-state index in [2.05, 4.69) is 34.6 Å². The molecule has 0 atom stereocenters. The number of pyridine rings is 1. The molecule has 1 aromatic heterocycles. The highest BCUT2D eigenvalue weighted by atomic mass is 35.5. The number of amides is 1. The van der Waals surface area contributed by atoms with Gasteiger partial charge in [0.1, 0.15) is 5.03 Å². The van der Waals surface area contributed by atoms with E-state index in [0.717, 1.165) is 12.8 Å². The van der Waals surface area contributed by atoms with Gasteiger partial charge in [0.2, 0.25) is 5.91 Å². The first kappa shape index (κ1) is 15.4. The van der Waals surface area contributed by atoms with Crippen LogP contribution in [0.1, 0.15) is 18.4 Å². The molecule has 1 heterocycles. The Labute approximate surface area is 139 Å². The van der Waals surface area contributed by atoms with Crippen molar-refractivity contribution < 1.29 is 4.79 Å². The second-order valence-electron chi connectivity index (χ2n) is 5.50. The number of hydrogen-bond donors (Lipinski definition) is 1. The van der Waals surface area contributed by atoms with Gasteiger partial charge in [0, 0.05) is 18.2 Å². The van der Waals surface area contributed by atoms with E-state index < -0.39 is 0 Å². The van der Waals surface area contributed by atoms with E-state index in [9.17, 15) is 4.79 Å². The molecule has 0 saturated heterocycles. The highest BCUT2D eigenvalue weighted by Gasteiger charge is 2.44. The summed E-state index contributed by atoms with van der Waals surface area (Å²) in [5.74, 6) is 0.357. The number of carbonyl (C=O) groups is 1. The molecule has 0 radical (unpaired) electrons. The minimum absolute atomic E-state index is 0.0222. The van der Waals surface area contributed by atoms with Crippen LogP contribution in [0.2, 0.25) is 5.02 Å². The third kappa shape index (κ3) is 3.62. The molecule has 2 aromatic rings. The van der Waals surface area contributed by atoms with Crippen molar-refractivity contribution in [3.63, 3.8) is 0 Å². The minimum Gasteiger partial charge on any atom is -0.354 e. The van der Waals surface area contributed by atoms with Crippen LogP contribution in [0, 0.1) is 0 Å². The lowest BCUT2D eigenvalue weighted by molar-refractivity contribution is -0.118. The quantitative estimate of drug-likeness (QED) is 0.821. The molecule has 1 saturated carbocycles. The van der Waals surface area contributed by atoms with Crippen LogP contribution < -0.4 is 5.32 Å². The lowest BCUT2D eigenvalue weighted by Crippen LogP contribution is -2.33. The van der Waals surface area contributed by atoms with Gasteiger partial charge in [-0.15, -0.1) is 0 Å². The Kier molecular flexibility index (Phi) is 4.69. The lowest BCUT2D eigenvalue weighted by atomic mass is 9.96. The summed E-state index contributed by atoms with van der Waals surface area (Å²) in [6, 6.07) is 14.0. The maximum Gasteiger partial charge on any atom is 0.230 e. The number of thioether (sulfide) groups is 1. The second-order valence-corrected chi connectivity index (χ2v) is 6.87. The number of aromatic nitrogens is 1. The summed E-state index contributed by atoms with van der Waals surface area (Å²) in [6.07, 6.45) is 3.95. The first-order valence-electron chi connectivity index (χ1n) is 7.25. The molecule has 22 heavy (non-hydrogen) atoms. The van der Waals surface area contributed by atoms with Crippen LogP contribution >= 0.6 is 23.4 Å². The van der Waals surface area contributed by atoms with Gasteiger partial charge in [0.25, 0.3) is 0 Å². The second kappa shape index (κ2) is 6.71. The average Bonchev–Trinajstić information content (AvgIpc) is 3.34. The molecule has 1 aliphatic rings. The molecule has 1 aliphatic carbocycles. The number of nitrogens with one attached hydrogen (secondary N) is 1. The fourth-order valence-corrected chi connectivity index (χ4v) is 3.44. The fraction of sp³-hybridized carbons (Fsp3) is 0.294. The SMILES string of the molecule is O=C(CSc1ncccc1Cl)NCC1(c2ccccc2)CC1. The molecule has 1 N–H and O–H groups in total. The molecule has 114 valence electrons. The van der Waals surface area contributed by atoms with Gasteiger partial charge in [-0.2, -0.15) is 0 Å². The highest BCUT2D eigenvalue weighted by molar-refractivity contribution is 8.00. The third-order valence-corrected chi connectivity index (χ3v) is 5.35. The summed E-state index contributed by atoms with van der Waals surface area (Å²) >= 11 is 7.40. The Hall–Kier alpha value is -1.52. The van der Waals surface area contributed by atoms with Crippen LogP contribution in [0.15, 0.2) is 53.7 Å². The standard InChI is InChI=1S/C17H17ClN2OS/c18-14-7-4-10-19-16(14)22-11-15(21)20-12-17(8-9-17)13-5-2-1-3-6-13/h1-7,10H,8-9,11-12H2,(H,20,21). The minimum atomic E-state index is 0.0222. The van der Waals surface area contributed by atoms with Crippen LogP contribution in [0.4, 0.5) is 0 Å². The maximum atomic E-state index is 12.0. The first-order valence-corrected chi connectivity index (χ1v) is 8.62. The predicted octanol–water partition coefficient (Wildman–Crippen LogP) is 3.68. The highest BCUT2D eigenvalue weighted by Crippen LogP contribution is 2.47. The van der Waals surface area contributed by atoms with Crippen molar-refractivity contribution in [1.29, 1.82) is 0 Å². The van der Waals surface area contributed by atoms with Gasteiger partial charge in [-0.3, -0.25) is 4.79 Å². The number of hydrogen-bond acceptors (Lipinski definition) is 3. The largest absolute Gasteiger partial charge is 0.354 e. The van der Waals surface area contributed by atoms with E-state index in [0.29, 0.717) is 22.3 Å². The molecule has 1 amide bonds. The van der Waals surface area contributed by atoms with E-state index in [4.69, 9.17) is 11.6 Å². The van der Waals surface area contributed by atoms with Gasteiger partial charge in [0.05, 0.1) is 10.8 Å². The smallest absolute Gasteiger partial charge is 0.230 e. The molecule has 0 aliphatic heterocycles. The summed E-state index contributed by atoms with van der Waals surface area (Å²) in [4.78, 5) is 16.2. The molecule has 1 aromatic carbocycles. The summed E-state index contributed by atoms with van der Waals surface area (Å²) in [5.41, 5.74) is 1.46.